The fourth-order valence-corrected chi connectivity index (χ4v) is 1.50. The van der Waals surface area contributed by atoms with Gasteiger partial charge in [-0.15, -0.1) is 0 Å². The Morgan fingerprint density at radius 2 is 0.913 bits per heavy atom. The Morgan fingerprint density at radius 3 is 1.22 bits per heavy atom. The van der Waals surface area contributed by atoms with Crippen LogP contribution in [0.15, 0.2) is 0 Å². The van der Waals surface area contributed by atoms with Crippen molar-refractivity contribution in [3.8, 4) is 0 Å². The third-order valence-corrected chi connectivity index (χ3v) is 2.53. The molecule has 0 heterocycles. The minimum atomic E-state index is -0.485. The summed E-state index contributed by atoms with van der Waals surface area (Å²) in [5.41, 5.74) is -0.970. The minimum absolute atomic E-state index is 0.345. The van der Waals surface area contributed by atoms with Crippen molar-refractivity contribution in [1.29, 1.82) is 0 Å². The normalized spacial score (nSPS) is 12.1. The van der Waals surface area contributed by atoms with Gasteiger partial charge in [0.1, 0.15) is 11.2 Å². The van der Waals surface area contributed by atoms with Crippen molar-refractivity contribution in [2.45, 2.75) is 97.7 Å². The van der Waals surface area contributed by atoms with Crippen LogP contribution in [0, 0.1) is 0 Å². The molecule has 0 saturated heterocycles. The van der Waals surface area contributed by atoms with Crippen molar-refractivity contribution in [2.24, 2.45) is 0 Å². The summed E-state index contributed by atoms with van der Waals surface area (Å²) in [4.78, 5) is 42.1. The topological polar surface area (TPSA) is 71.1 Å². The fraction of sp³-hybridized carbons (Fsp3) is 0.882. The van der Waals surface area contributed by atoms with Gasteiger partial charge < -0.3 is 0 Å². The summed E-state index contributed by atoms with van der Waals surface area (Å²) in [5, 5.41) is 0. The molecule has 136 valence electrons. The lowest BCUT2D eigenvalue weighted by Crippen LogP contribution is -2.21. The zero-order valence-corrected chi connectivity index (χ0v) is 15.4. The molecule has 6 nitrogen and oxygen atoms in total. The zero-order valence-electron chi connectivity index (χ0n) is 15.4. The highest BCUT2D eigenvalue weighted by molar-refractivity contribution is 5.68. The summed E-state index contributed by atoms with van der Waals surface area (Å²) < 4.78 is 0. The van der Waals surface area contributed by atoms with Crippen LogP contribution < -0.4 is 0 Å². The second-order valence-corrected chi connectivity index (χ2v) is 7.57. The Bertz CT molecular complexity index is 317. The molecular formula is C17H32O6. The van der Waals surface area contributed by atoms with E-state index in [4.69, 9.17) is 19.6 Å². The van der Waals surface area contributed by atoms with E-state index in [1.165, 1.54) is 0 Å². The highest BCUT2D eigenvalue weighted by Crippen LogP contribution is 2.12. The minimum Gasteiger partial charge on any atom is -0.298 e. The average molecular weight is 332 g/mol. The van der Waals surface area contributed by atoms with Gasteiger partial charge in [0.15, 0.2) is 0 Å². The first-order valence-electron chi connectivity index (χ1n) is 8.27. The van der Waals surface area contributed by atoms with Crippen molar-refractivity contribution in [3.63, 3.8) is 0 Å². The summed E-state index contributed by atoms with van der Waals surface area (Å²) in [6.07, 6.45) is 4.99. The molecule has 0 bridgehead atoms. The van der Waals surface area contributed by atoms with Crippen LogP contribution in [0.1, 0.15) is 86.5 Å². The molecule has 0 aliphatic heterocycles. The second kappa shape index (κ2) is 10.6. The van der Waals surface area contributed by atoms with E-state index in [0.29, 0.717) is 12.8 Å². The second-order valence-electron chi connectivity index (χ2n) is 7.57. The van der Waals surface area contributed by atoms with Crippen LogP contribution in [0.3, 0.4) is 0 Å². The molecule has 0 amide bonds. The van der Waals surface area contributed by atoms with Gasteiger partial charge in [0, 0.05) is 12.8 Å². The van der Waals surface area contributed by atoms with Gasteiger partial charge in [0.25, 0.3) is 0 Å². The highest BCUT2D eigenvalue weighted by Gasteiger charge is 2.16. The maximum absolute atomic E-state index is 11.4. The summed E-state index contributed by atoms with van der Waals surface area (Å²) in [7, 11) is 0. The molecule has 0 fully saturated rings. The molecule has 0 saturated carbocycles. The lowest BCUT2D eigenvalue weighted by atomic mass is 10.1. The quantitative estimate of drug-likeness (QED) is 0.338. The molecule has 0 aliphatic carbocycles. The molecule has 0 rings (SSSR count). The number of hydrogen-bond acceptors (Lipinski definition) is 6. The average Bonchev–Trinajstić information content (AvgIpc) is 2.40. The number of unbranched alkanes of at least 4 members (excludes halogenated alkanes) is 4. The maximum atomic E-state index is 11.4. The maximum Gasteiger partial charge on any atom is 0.342 e. The predicted molar refractivity (Wildman–Crippen MR) is 86.2 cm³/mol. The Hall–Kier alpha value is -1.14. The smallest absolute Gasteiger partial charge is 0.298 e. The first kappa shape index (κ1) is 21.9. The third kappa shape index (κ3) is 17.1. The Balaban J connectivity index is 3.46. The monoisotopic (exact) mass is 332 g/mol. The van der Waals surface area contributed by atoms with Crippen LogP contribution in [0.5, 0.6) is 0 Å². The third-order valence-electron chi connectivity index (χ3n) is 2.53. The van der Waals surface area contributed by atoms with E-state index in [-0.39, 0.29) is 11.9 Å². The molecule has 0 aromatic rings. The van der Waals surface area contributed by atoms with Crippen LogP contribution in [-0.2, 0) is 29.1 Å². The lowest BCUT2D eigenvalue weighted by molar-refractivity contribution is -0.320. The Morgan fingerprint density at radius 1 is 0.609 bits per heavy atom. The molecule has 0 aromatic heterocycles. The fourth-order valence-electron chi connectivity index (χ4n) is 1.50. The number of carbonyl (C=O) groups is 2. The molecule has 0 aliphatic rings. The molecule has 0 aromatic carbocycles. The predicted octanol–water partition coefficient (Wildman–Crippen LogP) is 4.26. The molecule has 0 N–H and O–H groups in total. The highest BCUT2D eigenvalue weighted by atomic mass is 17.2. The van der Waals surface area contributed by atoms with Crippen LogP contribution >= 0.6 is 0 Å². The van der Waals surface area contributed by atoms with Gasteiger partial charge in [0.2, 0.25) is 0 Å². The van der Waals surface area contributed by atoms with E-state index in [1.54, 1.807) is 0 Å². The van der Waals surface area contributed by atoms with E-state index in [2.05, 4.69) is 0 Å². The zero-order chi connectivity index (χ0) is 17.9. The molecular weight excluding hydrogens is 300 g/mol. The first-order chi connectivity index (χ1) is 10.5. The summed E-state index contributed by atoms with van der Waals surface area (Å²) in [6, 6.07) is 0. The van der Waals surface area contributed by atoms with Crippen LogP contribution in [-0.4, -0.2) is 23.1 Å². The van der Waals surface area contributed by atoms with E-state index in [9.17, 15) is 9.59 Å². The number of hydrogen-bond donors (Lipinski definition) is 0. The molecule has 0 radical (unpaired) electrons. The van der Waals surface area contributed by atoms with E-state index in [0.717, 1.165) is 32.1 Å². The molecule has 0 atom stereocenters. The SMILES string of the molecule is CC(C)(C)OOC(=O)CCCCCCCC(=O)OOC(C)(C)C. The van der Waals surface area contributed by atoms with Crippen molar-refractivity contribution in [2.75, 3.05) is 0 Å². The van der Waals surface area contributed by atoms with Crippen LogP contribution in [0.2, 0.25) is 0 Å². The van der Waals surface area contributed by atoms with Gasteiger partial charge in [0.05, 0.1) is 0 Å². The van der Waals surface area contributed by atoms with Crippen LogP contribution in [0.25, 0.3) is 0 Å². The van der Waals surface area contributed by atoms with Crippen molar-refractivity contribution < 1.29 is 29.1 Å². The van der Waals surface area contributed by atoms with Gasteiger partial charge in [-0.05, 0) is 54.4 Å². The molecule has 0 unspecified atom stereocenters. The van der Waals surface area contributed by atoms with Gasteiger partial charge >= 0.3 is 11.9 Å². The van der Waals surface area contributed by atoms with Crippen molar-refractivity contribution >= 4 is 11.9 Å². The standard InChI is InChI=1S/C17H32O6/c1-16(2,3)22-20-14(18)12-10-8-7-9-11-13-15(19)21-23-17(4,5)6/h7-13H2,1-6H3. The van der Waals surface area contributed by atoms with Crippen molar-refractivity contribution in [1.82, 2.24) is 0 Å². The van der Waals surface area contributed by atoms with Gasteiger partial charge in [-0.3, -0.25) is 9.78 Å². The lowest BCUT2D eigenvalue weighted by Gasteiger charge is -2.16. The molecule has 0 spiro atoms. The van der Waals surface area contributed by atoms with E-state index in [1.807, 2.05) is 41.5 Å². The van der Waals surface area contributed by atoms with Crippen molar-refractivity contribution in [3.05, 3.63) is 0 Å². The molecule has 23 heavy (non-hydrogen) atoms. The van der Waals surface area contributed by atoms with Crippen LogP contribution in [0.4, 0.5) is 0 Å². The summed E-state index contributed by atoms with van der Waals surface area (Å²) in [6.45, 7) is 10.9. The Kier molecular flexibility index (Phi) is 10.1. The molecule has 6 heteroatoms. The summed E-state index contributed by atoms with van der Waals surface area (Å²) >= 11 is 0. The number of rotatable bonds is 10. The number of carbonyl (C=O) groups excluding carboxylic acids is 2. The van der Waals surface area contributed by atoms with E-state index < -0.39 is 11.2 Å². The van der Waals surface area contributed by atoms with Gasteiger partial charge in [-0.2, -0.15) is 9.78 Å². The summed E-state index contributed by atoms with van der Waals surface area (Å²) in [5.74, 6) is -0.689. The van der Waals surface area contributed by atoms with E-state index >= 15 is 0 Å². The van der Waals surface area contributed by atoms with Gasteiger partial charge in [-0.25, -0.2) is 9.59 Å². The Labute approximate surface area is 139 Å². The first-order valence-corrected chi connectivity index (χ1v) is 8.27. The largest absolute Gasteiger partial charge is 0.342 e. The van der Waals surface area contributed by atoms with Gasteiger partial charge in [-0.1, -0.05) is 19.3 Å².